The summed E-state index contributed by atoms with van der Waals surface area (Å²) in [6.07, 6.45) is 9.83. The Morgan fingerprint density at radius 1 is 1.35 bits per heavy atom. The lowest BCUT2D eigenvalue weighted by Gasteiger charge is -2.26. The molecule has 0 aromatic carbocycles. The minimum atomic E-state index is 0.355. The Morgan fingerprint density at radius 3 is 3.05 bits per heavy atom. The molecule has 0 amide bonds. The van der Waals surface area contributed by atoms with Crippen molar-refractivity contribution < 1.29 is 4.74 Å². The van der Waals surface area contributed by atoms with E-state index >= 15 is 0 Å². The first-order valence-corrected chi connectivity index (χ1v) is 7.08. The summed E-state index contributed by atoms with van der Waals surface area (Å²) in [5.74, 6) is 0.735. The second-order valence-electron chi connectivity index (χ2n) is 5.17. The molecule has 7 nitrogen and oxygen atoms in total. The van der Waals surface area contributed by atoms with Gasteiger partial charge in [-0.15, -0.1) is 10.2 Å². The number of rotatable bonds is 5. The monoisotopic (exact) mass is 276 g/mol. The molecule has 3 N–H and O–H groups in total. The van der Waals surface area contributed by atoms with Gasteiger partial charge in [0.2, 0.25) is 5.65 Å². The fourth-order valence-corrected chi connectivity index (χ4v) is 2.53. The van der Waals surface area contributed by atoms with Gasteiger partial charge in [-0.05, 0) is 25.7 Å². The maximum atomic E-state index is 5.88. The molecular weight excluding hydrogens is 256 g/mol. The highest BCUT2D eigenvalue weighted by Crippen LogP contribution is 2.19. The second kappa shape index (κ2) is 6.15. The summed E-state index contributed by atoms with van der Waals surface area (Å²) in [6.45, 7) is 1.37. The van der Waals surface area contributed by atoms with Crippen LogP contribution < -0.4 is 11.1 Å². The fourth-order valence-electron chi connectivity index (χ4n) is 2.53. The van der Waals surface area contributed by atoms with Gasteiger partial charge in [0.1, 0.15) is 6.33 Å². The summed E-state index contributed by atoms with van der Waals surface area (Å²) in [7, 11) is 0. The molecule has 1 aliphatic rings. The lowest BCUT2D eigenvalue weighted by Crippen LogP contribution is -2.31. The minimum absolute atomic E-state index is 0.355. The quantitative estimate of drug-likeness (QED) is 0.786. The summed E-state index contributed by atoms with van der Waals surface area (Å²) in [5.41, 5.74) is 6.61. The zero-order valence-electron chi connectivity index (χ0n) is 11.4. The zero-order chi connectivity index (χ0) is 13.8. The van der Waals surface area contributed by atoms with E-state index in [0.717, 1.165) is 37.1 Å². The van der Waals surface area contributed by atoms with Gasteiger partial charge in [-0.1, -0.05) is 0 Å². The predicted octanol–water partition coefficient (Wildman–Crippen LogP) is 0.823. The summed E-state index contributed by atoms with van der Waals surface area (Å²) >= 11 is 0. The Balaban J connectivity index is 1.45. The number of aromatic nitrogens is 4. The highest BCUT2D eigenvalue weighted by Gasteiger charge is 2.18. The average Bonchev–Trinajstić information content (AvgIpc) is 2.94. The molecule has 108 valence electrons. The number of nitrogens with zero attached hydrogens (tertiary/aromatic N) is 4. The van der Waals surface area contributed by atoms with Gasteiger partial charge in [0.05, 0.1) is 12.7 Å². The molecule has 0 aliphatic heterocycles. The van der Waals surface area contributed by atoms with Crippen LogP contribution in [0.3, 0.4) is 0 Å². The van der Waals surface area contributed by atoms with Crippen molar-refractivity contribution in [3.05, 3.63) is 18.7 Å². The molecule has 2 heterocycles. The number of nitrogens with two attached hydrogens (primary N) is 1. The summed E-state index contributed by atoms with van der Waals surface area (Å²) < 4.78 is 7.69. The maximum absolute atomic E-state index is 5.88. The number of fused-ring (bicyclic) bond motifs is 1. The van der Waals surface area contributed by atoms with Crippen molar-refractivity contribution in [2.24, 2.45) is 5.73 Å². The van der Waals surface area contributed by atoms with E-state index in [0.29, 0.717) is 25.3 Å². The van der Waals surface area contributed by atoms with Crippen molar-refractivity contribution in [3.63, 3.8) is 0 Å². The molecule has 20 heavy (non-hydrogen) atoms. The molecule has 0 spiro atoms. The molecule has 1 fully saturated rings. The zero-order valence-corrected chi connectivity index (χ0v) is 11.4. The van der Waals surface area contributed by atoms with E-state index in [9.17, 15) is 0 Å². The van der Waals surface area contributed by atoms with E-state index < -0.39 is 0 Å². The SMILES string of the molecule is NC1CCC(OCCNc2nccn3cnnc23)CC1. The molecule has 1 aliphatic carbocycles. The topological polar surface area (TPSA) is 90.4 Å². The van der Waals surface area contributed by atoms with Crippen molar-refractivity contribution in [1.29, 1.82) is 0 Å². The molecule has 3 rings (SSSR count). The Labute approximate surface area is 117 Å². The molecule has 1 saturated carbocycles. The van der Waals surface area contributed by atoms with Crippen molar-refractivity contribution in [2.75, 3.05) is 18.5 Å². The predicted molar refractivity (Wildman–Crippen MR) is 75.5 cm³/mol. The van der Waals surface area contributed by atoms with Gasteiger partial charge in [-0.2, -0.15) is 0 Å². The maximum Gasteiger partial charge on any atom is 0.203 e. The van der Waals surface area contributed by atoms with Gasteiger partial charge in [-0.25, -0.2) is 4.98 Å². The normalized spacial score (nSPS) is 23.1. The summed E-state index contributed by atoms with van der Waals surface area (Å²) in [6, 6.07) is 0.364. The molecular formula is C13H20N6O. The number of hydrogen-bond donors (Lipinski definition) is 2. The second-order valence-corrected chi connectivity index (χ2v) is 5.17. The third kappa shape index (κ3) is 3.05. The molecule has 2 aromatic rings. The lowest BCUT2D eigenvalue weighted by atomic mass is 9.94. The molecule has 2 aromatic heterocycles. The first-order chi connectivity index (χ1) is 9.83. The largest absolute Gasteiger partial charge is 0.376 e. The molecule has 7 heteroatoms. The minimum Gasteiger partial charge on any atom is -0.376 e. The van der Waals surface area contributed by atoms with Gasteiger partial charge in [-0.3, -0.25) is 4.40 Å². The van der Waals surface area contributed by atoms with E-state index in [2.05, 4.69) is 20.5 Å². The van der Waals surface area contributed by atoms with Gasteiger partial charge in [0.25, 0.3) is 0 Å². The van der Waals surface area contributed by atoms with Crippen molar-refractivity contribution in [3.8, 4) is 0 Å². The van der Waals surface area contributed by atoms with Gasteiger partial charge < -0.3 is 15.8 Å². The number of anilines is 1. The first kappa shape index (κ1) is 13.3. The van der Waals surface area contributed by atoms with Gasteiger partial charge >= 0.3 is 0 Å². The Kier molecular flexibility index (Phi) is 4.08. The Bertz CT molecular complexity index is 549. The van der Waals surface area contributed by atoms with Crippen molar-refractivity contribution >= 4 is 11.5 Å². The van der Waals surface area contributed by atoms with E-state index in [1.807, 2.05) is 10.6 Å². The summed E-state index contributed by atoms with van der Waals surface area (Å²) in [4.78, 5) is 4.27. The third-order valence-electron chi connectivity index (χ3n) is 3.68. The molecule has 0 bridgehead atoms. The number of hydrogen-bond acceptors (Lipinski definition) is 6. The van der Waals surface area contributed by atoms with Crippen LogP contribution in [0.25, 0.3) is 5.65 Å². The van der Waals surface area contributed by atoms with Crippen LogP contribution in [-0.4, -0.2) is 44.9 Å². The third-order valence-corrected chi connectivity index (χ3v) is 3.68. The average molecular weight is 276 g/mol. The van der Waals surface area contributed by atoms with E-state index in [-0.39, 0.29) is 0 Å². The van der Waals surface area contributed by atoms with E-state index in [4.69, 9.17) is 10.5 Å². The lowest BCUT2D eigenvalue weighted by molar-refractivity contribution is 0.0313. The van der Waals surface area contributed by atoms with Crippen LogP contribution in [0.2, 0.25) is 0 Å². The van der Waals surface area contributed by atoms with Crippen LogP contribution in [-0.2, 0) is 4.74 Å². The highest BCUT2D eigenvalue weighted by molar-refractivity contribution is 5.61. The first-order valence-electron chi connectivity index (χ1n) is 7.08. The van der Waals surface area contributed by atoms with Crippen LogP contribution >= 0.6 is 0 Å². The standard InChI is InChI=1S/C13H20N6O/c14-10-1-3-11(4-2-10)20-8-6-16-12-13-18-17-9-19(13)7-5-15-12/h5,7,9-11H,1-4,6,8,14H2,(H,15,16). The van der Waals surface area contributed by atoms with Gasteiger partial charge in [0, 0.05) is 25.0 Å². The molecule has 0 radical (unpaired) electrons. The summed E-state index contributed by atoms with van der Waals surface area (Å²) in [5, 5.41) is 11.1. The number of ether oxygens (including phenoxy) is 1. The van der Waals surface area contributed by atoms with Crippen molar-refractivity contribution in [2.45, 2.75) is 37.8 Å². The van der Waals surface area contributed by atoms with Crippen LogP contribution in [0.5, 0.6) is 0 Å². The smallest absolute Gasteiger partial charge is 0.203 e. The Hall–Kier alpha value is -1.73. The molecule has 0 atom stereocenters. The van der Waals surface area contributed by atoms with Crippen LogP contribution in [0.4, 0.5) is 5.82 Å². The van der Waals surface area contributed by atoms with Gasteiger partial charge in [0.15, 0.2) is 5.82 Å². The highest BCUT2D eigenvalue weighted by atomic mass is 16.5. The van der Waals surface area contributed by atoms with Crippen LogP contribution in [0.15, 0.2) is 18.7 Å². The molecule has 0 unspecified atom stereocenters. The van der Waals surface area contributed by atoms with Crippen LogP contribution in [0.1, 0.15) is 25.7 Å². The van der Waals surface area contributed by atoms with E-state index in [1.54, 1.807) is 12.5 Å². The number of nitrogens with one attached hydrogen (secondary N) is 1. The van der Waals surface area contributed by atoms with Crippen molar-refractivity contribution in [1.82, 2.24) is 19.6 Å². The van der Waals surface area contributed by atoms with Crippen LogP contribution in [0, 0.1) is 0 Å². The Morgan fingerprint density at radius 2 is 2.20 bits per heavy atom. The van der Waals surface area contributed by atoms with E-state index in [1.165, 1.54) is 0 Å². The molecule has 0 saturated heterocycles. The fraction of sp³-hybridized carbons (Fsp3) is 0.615.